The number of ether oxygens (including phenoxy) is 4. The predicted octanol–water partition coefficient (Wildman–Crippen LogP) is 6.41. The monoisotopic (exact) mass is 534 g/mol. The normalized spacial score (nSPS) is 13.4. The molecule has 4 aromatic carbocycles. The SMILES string of the molecule is C=CC(=O)OCCOc1cc(OCCOC(=O)C=C)cc(C2Cc3ccc4ccccc4c3-c3ccccc32)c1. The van der Waals surface area contributed by atoms with E-state index in [4.69, 9.17) is 18.9 Å². The minimum atomic E-state index is -0.500. The van der Waals surface area contributed by atoms with Crippen LogP contribution in [0.15, 0.2) is 104 Å². The third-order valence-electron chi connectivity index (χ3n) is 6.88. The van der Waals surface area contributed by atoms with Crippen LogP contribution in [0.4, 0.5) is 0 Å². The van der Waals surface area contributed by atoms with E-state index >= 15 is 0 Å². The molecule has 0 amide bonds. The number of hydrogen-bond acceptors (Lipinski definition) is 6. The fourth-order valence-corrected chi connectivity index (χ4v) is 5.14. The van der Waals surface area contributed by atoms with E-state index in [9.17, 15) is 9.59 Å². The molecule has 4 aromatic rings. The molecule has 1 unspecified atom stereocenters. The van der Waals surface area contributed by atoms with Gasteiger partial charge in [-0.3, -0.25) is 0 Å². The molecule has 1 atom stereocenters. The second-order valence-corrected chi connectivity index (χ2v) is 9.34. The van der Waals surface area contributed by atoms with Gasteiger partial charge in [0.2, 0.25) is 0 Å². The molecule has 0 bridgehead atoms. The predicted molar refractivity (Wildman–Crippen MR) is 155 cm³/mol. The van der Waals surface area contributed by atoms with E-state index in [-0.39, 0.29) is 32.3 Å². The van der Waals surface area contributed by atoms with Gasteiger partial charge in [0.05, 0.1) is 0 Å². The molecule has 0 N–H and O–H groups in total. The molecule has 0 radical (unpaired) electrons. The van der Waals surface area contributed by atoms with Gasteiger partial charge in [-0.05, 0) is 57.1 Å². The fourth-order valence-electron chi connectivity index (χ4n) is 5.14. The zero-order valence-corrected chi connectivity index (χ0v) is 22.1. The summed E-state index contributed by atoms with van der Waals surface area (Å²) in [4.78, 5) is 22.8. The second-order valence-electron chi connectivity index (χ2n) is 9.34. The molecule has 5 rings (SSSR count). The molecule has 202 valence electrons. The van der Waals surface area contributed by atoms with E-state index in [1.54, 1.807) is 6.07 Å². The van der Waals surface area contributed by atoms with Crippen molar-refractivity contribution < 1.29 is 28.5 Å². The zero-order valence-electron chi connectivity index (χ0n) is 22.1. The van der Waals surface area contributed by atoms with E-state index < -0.39 is 11.9 Å². The van der Waals surface area contributed by atoms with Crippen molar-refractivity contribution in [2.24, 2.45) is 0 Å². The molecule has 40 heavy (non-hydrogen) atoms. The molecule has 0 spiro atoms. The van der Waals surface area contributed by atoms with Crippen LogP contribution < -0.4 is 9.47 Å². The Kier molecular flexibility index (Phi) is 8.26. The molecule has 0 fully saturated rings. The summed E-state index contributed by atoms with van der Waals surface area (Å²) in [7, 11) is 0. The first-order chi connectivity index (χ1) is 19.6. The van der Waals surface area contributed by atoms with Crippen LogP contribution in [0.5, 0.6) is 11.5 Å². The third-order valence-corrected chi connectivity index (χ3v) is 6.88. The van der Waals surface area contributed by atoms with Gasteiger partial charge in [-0.15, -0.1) is 0 Å². The van der Waals surface area contributed by atoms with Gasteiger partial charge < -0.3 is 18.9 Å². The van der Waals surface area contributed by atoms with Gasteiger partial charge in [-0.25, -0.2) is 9.59 Å². The van der Waals surface area contributed by atoms with Crippen molar-refractivity contribution in [1.29, 1.82) is 0 Å². The van der Waals surface area contributed by atoms with Crippen molar-refractivity contribution in [3.63, 3.8) is 0 Å². The molecule has 0 saturated carbocycles. The molecular formula is C34H30O6. The summed E-state index contributed by atoms with van der Waals surface area (Å²) in [6.45, 7) is 7.35. The van der Waals surface area contributed by atoms with E-state index in [0.29, 0.717) is 11.5 Å². The number of carbonyl (C=O) groups is 2. The molecule has 6 heteroatoms. The lowest BCUT2D eigenvalue weighted by molar-refractivity contribution is -0.139. The largest absolute Gasteiger partial charge is 0.490 e. The first-order valence-corrected chi connectivity index (χ1v) is 13.2. The number of hydrogen-bond donors (Lipinski definition) is 0. The number of esters is 2. The van der Waals surface area contributed by atoms with E-state index in [0.717, 1.165) is 24.1 Å². The minimum Gasteiger partial charge on any atom is -0.490 e. The van der Waals surface area contributed by atoms with Gasteiger partial charge in [-0.2, -0.15) is 0 Å². The Bertz CT molecular complexity index is 1520. The lowest BCUT2D eigenvalue weighted by atomic mass is 9.74. The van der Waals surface area contributed by atoms with Crippen molar-refractivity contribution in [2.45, 2.75) is 12.3 Å². The van der Waals surface area contributed by atoms with Crippen LogP contribution >= 0.6 is 0 Å². The van der Waals surface area contributed by atoms with Gasteiger partial charge in [0.25, 0.3) is 0 Å². The summed E-state index contributed by atoms with van der Waals surface area (Å²) >= 11 is 0. The Morgan fingerprint density at radius 1 is 0.750 bits per heavy atom. The number of rotatable bonds is 11. The number of benzene rings is 4. The lowest BCUT2D eigenvalue weighted by Gasteiger charge is -2.30. The molecule has 6 nitrogen and oxygen atoms in total. The van der Waals surface area contributed by atoms with E-state index in [1.807, 2.05) is 12.1 Å². The summed E-state index contributed by atoms with van der Waals surface area (Å²) in [6, 6.07) is 27.2. The summed E-state index contributed by atoms with van der Waals surface area (Å²) in [6.07, 6.45) is 3.05. The Balaban J connectivity index is 1.47. The average molecular weight is 535 g/mol. The first-order valence-electron chi connectivity index (χ1n) is 13.2. The average Bonchev–Trinajstić information content (AvgIpc) is 3.00. The van der Waals surface area contributed by atoms with Crippen molar-refractivity contribution in [3.8, 4) is 22.6 Å². The van der Waals surface area contributed by atoms with Crippen LogP contribution in [0.2, 0.25) is 0 Å². The van der Waals surface area contributed by atoms with Gasteiger partial charge in [-0.1, -0.05) is 73.8 Å². The van der Waals surface area contributed by atoms with Crippen LogP contribution in [0.3, 0.4) is 0 Å². The topological polar surface area (TPSA) is 71.1 Å². The summed E-state index contributed by atoms with van der Waals surface area (Å²) in [5.74, 6) is 0.243. The standard InChI is InChI=1S/C34H30O6/c1-3-32(35)39-17-15-37-26-19-25(20-27(22-26)38-16-18-40-33(36)4-2)31-21-24-14-13-23-9-5-6-10-28(23)34(24)30-12-8-7-11-29(30)31/h3-14,19-20,22,31H,1-2,15-18,21H2. The highest BCUT2D eigenvalue weighted by Crippen LogP contribution is 2.46. The van der Waals surface area contributed by atoms with E-state index in [1.165, 1.54) is 33.0 Å². The third kappa shape index (κ3) is 5.91. The summed E-state index contributed by atoms with van der Waals surface area (Å²) in [5, 5.41) is 2.46. The molecule has 0 aromatic heterocycles. The fraction of sp³-hybridized carbons (Fsp3) is 0.176. The first kappa shape index (κ1) is 26.8. The Hall–Kier alpha value is -4.84. The maximum Gasteiger partial charge on any atom is 0.330 e. The van der Waals surface area contributed by atoms with Gasteiger partial charge >= 0.3 is 11.9 Å². The highest BCUT2D eigenvalue weighted by Gasteiger charge is 2.28. The van der Waals surface area contributed by atoms with Crippen molar-refractivity contribution in [2.75, 3.05) is 26.4 Å². The smallest absolute Gasteiger partial charge is 0.330 e. The quantitative estimate of drug-likeness (QED) is 0.126. The maximum atomic E-state index is 11.4. The molecule has 1 aliphatic carbocycles. The minimum absolute atomic E-state index is 0.0629. The molecule has 0 saturated heterocycles. The molecule has 1 aliphatic rings. The number of fused-ring (bicyclic) bond motifs is 5. The van der Waals surface area contributed by atoms with Crippen LogP contribution in [0, 0.1) is 0 Å². The molecule has 0 heterocycles. The summed E-state index contributed by atoms with van der Waals surface area (Å²) in [5.41, 5.74) is 6.04. The second kappa shape index (κ2) is 12.3. The van der Waals surface area contributed by atoms with Gasteiger partial charge in [0.15, 0.2) is 0 Å². The highest BCUT2D eigenvalue weighted by atomic mass is 16.6. The lowest BCUT2D eigenvalue weighted by Crippen LogP contribution is -2.15. The Morgan fingerprint density at radius 2 is 1.38 bits per heavy atom. The molecule has 0 aliphatic heterocycles. The van der Waals surface area contributed by atoms with Crippen LogP contribution in [-0.4, -0.2) is 38.4 Å². The highest BCUT2D eigenvalue weighted by molar-refractivity contribution is 6.00. The molecular weight excluding hydrogens is 504 g/mol. The van der Waals surface area contributed by atoms with Crippen LogP contribution in [0.1, 0.15) is 22.6 Å². The maximum absolute atomic E-state index is 11.4. The van der Waals surface area contributed by atoms with Crippen LogP contribution in [0.25, 0.3) is 21.9 Å². The van der Waals surface area contributed by atoms with Crippen molar-refractivity contribution in [1.82, 2.24) is 0 Å². The Morgan fingerprint density at radius 3 is 2.05 bits per heavy atom. The van der Waals surface area contributed by atoms with E-state index in [2.05, 4.69) is 73.8 Å². The van der Waals surface area contributed by atoms with Crippen LogP contribution in [-0.2, 0) is 25.5 Å². The zero-order chi connectivity index (χ0) is 27.9. The van der Waals surface area contributed by atoms with Gasteiger partial charge in [0.1, 0.15) is 37.9 Å². The number of carbonyl (C=O) groups excluding carboxylic acids is 2. The summed E-state index contributed by atoms with van der Waals surface area (Å²) < 4.78 is 22.0. The Labute approximate surface area is 233 Å². The van der Waals surface area contributed by atoms with Crippen molar-refractivity contribution >= 4 is 22.7 Å². The van der Waals surface area contributed by atoms with Gasteiger partial charge in [0, 0.05) is 24.1 Å². The van der Waals surface area contributed by atoms with Crippen molar-refractivity contribution in [3.05, 3.63) is 121 Å².